The molecule has 0 saturated heterocycles. The van der Waals surface area contributed by atoms with Crippen LogP contribution in [0.15, 0.2) is 97.1 Å². The number of hydrogen-bond acceptors (Lipinski definition) is 5. The fourth-order valence-corrected chi connectivity index (χ4v) is 5.74. The standard InChI is InChI=1S/C37H40N4O4/c1-5-39-34(42)30-12-8-7-11-29(30)25-16-14-24(15-17-25)23-41-32-13-9-6-10-27(32)22-31(26-18-20-28(45-4)21-19-26)33(35(41)43)40-36(44)37(2,3)38/h6-21,31,33H,5,22-23,38H2,1-4H3,(H,39,42)(H,40,44). The van der Waals surface area contributed by atoms with Crippen molar-refractivity contribution >= 4 is 23.4 Å². The van der Waals surface area contributed by atoms with Gasteiger partial charge >= 0.3 is 0 Å². The molecule has 1 heterocycles. The van der Waals surface area contributed by atoms with Crippen LogP contribution < -0.4 is 26.0 Å². The maximum atomic E-state index is 14.6. The second-order valence-corrected chi connectivity index (χ2v) is 11.9. The van der Waals surface area contributed by atoms with Crippen molar-refractivity contribution in [3.05, 3.63) is 119 Å². The largest absolute Gasteiger partial charge is 0.497 e. The predicted octanol–water partition coefficient (Wildman–Crippen LogP) is 5.21. The third-order valence-corrected chi connectivity index (χ3v) is 8.19. The summed E-state index contributed by atoms with van der Waals surface area (Å²) >= 11 is 0. The van der Waals surface area contributed by atoms with Gasteiger partial charge in [-0.2, -0.15) is 0 Å². The zero-order valence-electron chi connectivity index (χ0n) is 26.2. The van der Waals surface area contributed by atoms with Crippen LogP contribution in [0.4, 0.5) is 5.69 Å². The van der Waals surface area contributed by atoms with E-state index in [0.717, 1.165) is 33.5 Å². The molecule has 45 heavy (non-hydrogen) atoms. The second kappa shape index (κ2) is 13.4. The van der Waals surface area contributed by atoms with Gasteiger partial charge in [0.1, 0.15) is 11.8 Å². The lowest BCUT2D eigenvalue weighted by Crippen LogP contribution is -2.57. The van der Waals surface area contributed by atoms with E-state index >= 15 is 0 Å². The van der Waals surface area contributed by atoms with Crippen molar-refractivity contribution in [2.75, 3.05) is 18.6 Å². The highest BCUT2D eigenvalue weighted by atomic mass is 16.5. The van der Waals surface area contributed by atoms with E-state index in [9.17, 15) is 14.4 Å². The predicted molar refractivity (Wildman–Crippen MR) is 177 cm³/mol. The number of amides is 3. The Morgan fingerprint density at radius 1 is 0.933 bits per heavy atom. The molecule has 0 spiro atoms. The highest BCUT2D eigenvalue weighted by Gasteiger charge is 2.40. The van der Waals surface area contributed by atoms with E-state index in [1.807, 2.05) is 104 Å². The van der Waals surface area contributed by atoms with E-state index in [-0.39, 0.29) is 17.7 Å². The highest BCUT2D eigenvalue weighted by molar-refractivity contribution is 6.02. The van der Waals surface area contributed by atoms with Gasteiger partial charge in [0.05, 0.1) is 19.2 Å². The fraction of sp³-hybridized carbons (Fsp3) is 0.270. The Bertz CT molecular complexity index is 1680. The van der Waals surface area contributed by atoms with Crippen LogP contribution in [0.1, 0.15) is 53.7 Å². The maximum absolute atomic E-state index is 14.6. The van der Waals surface area contributed by atoms with Gasteiger partial charge in [0.15, 0.2) is 0 Å². The minimum absolute atomic E-state index is 0.121. The smallest absolute Gasteiger partial charge is 0.251 e. The molecule has 0 saturated carbocycles. The van der Waals surface area contributed by atoms with Gasteiger partial charge in [-0.1, -0.05) is 72.8 Å². The third kappa shape index (κ3) is 6.91. The first-order chi connectivity index (χ1) is 21.6. The van der Waals surface area contributed by atoms with Crippen LogP contribution in [-0.4, -0.2) is 43.0 Å². The summed E-state index contributed by atoms with van der Waals surface area (Å²) < 4.78 is 5.36. The second-order valence-electron chi connectivity index (χ2n) is 11.9. The van der Waals surface area contributed by atoms with Crippen molar-refractivity contribution in [3.8, 4) is 16.9 Å². The highest BCUT2D eigenvalue weighted by Crippen LogP contribution is 2.37. The zero-order chi connectivity index (χ0) is 32.1. The molecule has 5 rings (SSSR count). The summed E-state index contributed by atoms with van der Waals surface area (Å²) in [5.41, 5.74) is 11.0. The lowest BCUT2D eigenvalue weighted by atomic mass is 9.85. The van der Waals surface area contributed by atoms with Crippen molar-refractivity contribution in [2.24, 2.45) is 5.73 Å². The number of hydrogen-bond donors (Lipinski definition) is 3. The average molecular weight is 605 g/mol. The van der Waals surface area contributed by atoms with Gasteiger partial charge in [-0.05, 0) is 79.3 Å². The molecular weight excluding hydrogens is 564 g/mol. The van der Waals surface area contributed by atoms with E-state index in [4.69, 9.17) is 10.5 Å². The molecule has 1 aliphatic heterocycles. The van der Waals surface area contributed by atoms with Crippen molar-refractivity contribution in [3.63, 3.8) is 0 Å². The number of benzene rings is 4. The van der Waals surface area contributed by atoms with Gasteiger partial charge in [-0.25, -0.2) is 0 Å². The number of methoxy groups -OCH3 is 1. The SMILES string of the molecule is CCNC(=O)c1ccccc1-c1ccc(CN2C(=O)C(NC(=O)C(C)(C)N)C(c3ccc(OC)cc3)Cc3ccccc32)cc1. The van der Waals surface area contributed by atoms with E-state index in [1.165, 1.54) is 0 Å². The summed E-state index contributed by atoms with van der Waals surface area (Å²) in [6, 6.07) is 30.0. The lowest BCUT2D eigenvalue weighted by molar-refractivity contribution is -0.130. The number of ether oxygens (including phenoxy) is 1. The molecule has 2 atom stereocenters. The number of fused-ring (bicyclic) bond motifs is 1. The summed E-state index contributed by atoms with van der Waals surface area (Å²) in [4.78, 5) is 42.2. The number of nitrogens with one attached hydrogen (secondary N) is 2. The molecule has 3 amide bonds. The third-order valence-electron chi connectivity index (χ3n) is 8.19. The lowest BCUT2D eigenvalue weighted by Gasteiger charge is -2.31. The van der Waals surface area contributed by atoms with Crippen molar-refractivity contribution < 1.29 is 19.1 Å². The quantitative estimate of drug-likeness (QED) is 0.243. The summed E-state index contributed by atoms with van der Waals surface area (Å²) in [5.74, 6) is -0.371. The van der Waals surface area contributed by atoms with Crippen molar-refractivity contribution in [1.29, 1.82) is 0 Å². The Morgan fingerprint density at radius 3 is 2.27 bits per heavy atom. The van der Waals surface area contributed by atoms with E-state index < -0.39 is 17.5 Å². The Labute approximate surface area is 264 Å². The number of rotatable bonds is 9. The molecule has 4 N–H and O–H groups in total. The van der Waals surface area contributed by atoms with Gasteiger partial charge in [-0.15, -0.1) is 0 Å². The molecule has 0 fully saturated rings. The summed E-state index contributed by atoms with van der Waals surface area (Å²) in [6.07, 6.45) is 0.538. The molecule has 232 valence electrons. The van der Waals surface area contributed by atoms with Crippen LogP contribution in [0, 0.1) is 0 Å². The molecule has 4 aromatic rings. The number of anilines is 1. The van der Waals surface area contributed by atoms with Gasteiger partial charge in [-0.3, -0.25) is 14.4 Å². The molecule has 0 bridgehead atoms. The number of para-hydroxylation sites is 1. The Balaban J connectivity index is 1.51. The summed E-state index contributed by atoms with van der Waals surface area (Å²) in [5, 5.41) is 5.89. The molecule has 4 aromatic carbocycles. The first kappa shape index (κ1) is 31.5. The number of nitrogens with two attached hydrogens (primary N) is 1. The Hall–Kier alpha value is -4.95. The van der Waals surface area contributed by atoms with Crippen molar-refractivity contribution in [1.82, 2.24) is 10.6 Å². The number of carbonyl (C=O) groups excluding carboxylic acids is 3. The van der Waals surface area contributed by atoms with Gasteiger partial charge in [0, 0.05) is 23.7 Å². The number of carbonyl (C=O) groups is 3. The molecule has 8 nitrogen and oxygen atoms in total. The molecule has 8 heteroatoms. The first-order valence-corrected chi connectivity index (χ1v) is 15.2. The van der Waals surface area contributed by atoms with Gasteiger partial charge in [0.25, 0.3) is 11.8 Å². The van der Waals surface area contributed by atoms with E-state index in [0.29, 0.717) is 30.8 Å². The minimum Gasteiger partial charge on any atom is -0.497 e. The molecule has 0 aliphatic carbocycles. The monoisotopic (exact) mass is 604 g/mol. The normalized spacial score (nSPS) is 16.4. The van der Waals surface area contributed by atoms with E-state index in [2.05, 4.69) is 10.6 Å². The Kier molecular flexibility index (Phi) is 9.34. The maximum Gasteiger partial charge on any atom is 0.251 e. The zero-order valence-corrected chi connectivity index (χ0v) is 26.2. The summed E-state index contributed by atoms with van der Waals surface area (Å²) in [7, 11) is 1.61. The molecule has 0 radical (unpaired) electrons. The van der Waals surface area contributed by atoms with Crippen LogP contribution in [0.3, 0.4) is 0 Å². The molecular formula is C37H40N4O4. The van der Waals surface area contributed by atoms with Crippen LogP contribution in [0.5, 0.6) is 5.75 Å². The first-order valence-electron chi connectivity index (χ1n) is 15.2. The topological polar surface area (TPSA) is 114 Å². The number of nitrogens with zero attached hydrogens (tertiary/aromatic N) is 1. The summed E-state index contributed by atoms with van der Waals surface area (Å²) in [6.45, 7) is 5.99. The van der Waals surface area contributed by atoms with E-state index in [1.54, 1.807) is 25.9 Å². The fourth-order valence-electron chi connectivity index (χ4n) is 5.74. The van der Waals surface area contributed by atoms with Crippen LogP contribution in [0.25, 0.3) is 11.1 Å². The Morgan fingerprint density at radius 2 is 1.60 bits per heavy atom. The average Bonchev–Trinajstić information content (AvgIpc) is 3.15. The minimum atomic E-state index is -1.17. The molecule has 1 aliphatic rings. The molecule has 2 unspecified atom stereocenters. The van der Waals surface area contributed by atoms with Crippen LogP contribution in [-0.2, 0) is 22.6 Å². The van der Waals surface area contributed by atoms with Crippen LogP contribution >= 0.6 is 0 Å². The van der Waals surface area contributed by atoms with Crippen molar-refractivity contribution in [2.45, 2.75) is 51.2 Å². The van der Waals surface area contributed by atoms with Crippen LogP contribution in [0.2, 0.25) is 0 Å². The van der Waals surface area contributed by atoms with Gasteiger partial charge < -0.3 is 26.0 Å². The van der Waals surface area contributed by atoms with Gasteiger partial charge in [0.2, 0.25) is 5.91 Å². The molecule has 0 aromatic heterocycles.